The monoisotopic (exact) mass is 510 g/mol. The van der Waals surface area contributed by atoms with Crippen LogP contribution in [0.25, 0.3) is 56.2 Å². The zero-order chi connectivity index (χ0) is 24.0. The molecule has 0 aliphatic carbocycles. The highest BCUT2D eigenvalue weighted by molar-refractivity contribution is 6.28. The molecule has 0 saturated carbocycles. The van der Waals surface area contributed by atoms with Crippen LogP contribution in [0.1, 0.15) is 0 Å². The van der Waals surface area contributed by atoms with Gasteiger partial charge in [-0.25, -0.2) is 0 Å². The van der Waals surface area contributed by atoms with Crippen molar-refractivity contribution in [2.45, 2.75) is 0 Å². The molecule has 0 fully saturated rings. The van der Waals surface area contributed by atoms with E-state index in [4.69, 9.17) is 33.3 Å². The first-order valence-electron chi connectivity index (χ1n) is 11.0. The Kier molecular flexibility index (Phi) is 3.84. The Labute approximate surface area is 211 Å². The van der Waals surface area contributed by atoms with Crippen molar-refractivity contribution in [3.63, 3.8) is 0 Å². The number of hydrogen-bond donors (Lipinski definition) is 0. The molecule has 36 heavy (non-hydrogen) atoms. The first-order chi connectivity index (χ1) is 17.7. The molecule has 3 aromatic carbocycles. The van der Waals surface area contributed by atoms with Crippen LogP contribution in [0.3, 0.4) is 0 Å². The molecule has 0 N–H and O–H groups in total. The van der Waals surface area contributed by atoms with E-state index in [9.17, 15) is 0 Å². The summed E-state index contributed by atoms with van der Waals surface area (Å²) in [5, 5.41) is 15.6. The standard InChI is InChI=1S/C24H12Cl2N10/c25-20-28-23-34-22(35-24(36(23)32-20)29-21(26)31-35)27-19(30-34)13-6-5-7-14(12-13)33-17-10-3-1-8-15(17)16-9-2-4-11-18(16)33/h1-12H. The van der Waals surface area contributed by atoms with Crippen molar-refractivity contribution in [3.05, 3.63) is 83.4 Å². The lowest BCUT2D eigenvalue weighted by molar-refractivity contribution is 0.816. The average Bonchev–Trinajstić information content (AvgIpc) is 3.66. The summed E-state index contributed by atoms with van der Waals surface area (Å²) in [6.07, 6.45) is 0. The van der Waals surface area contributed by atoms with Gasteiger partial charge in [0.2, 0.25) is 10.6 Å². The Morgan fingerprint density at radius 2 is 1.11 bits per heavy atom. The zero-order valence-electron chi connectivity index (χ0n) is 18.2. The number of para-hydroxylation sites is 2. The fourth-order valence-corrected chi connectivity index (χ4v) is 5.09. The maximum absolute atomic E-state index is 6.09. The fraction of sp³-hybridized carbons (Fsp3) is 0. The molecule has 0 aliphatic heterocycles. The number of benzene rings is 3. The van der Waals surface area contributed by atoms with Crippen molar-refractivity contribution >= 4 is 62.3 Å². The van der Waals surface area contributed by atoms with Gasteiger partial charge in [-0.05, 0) is 47.5 Å². The first-order valence-corrected chi connectivity index (χ1v) is 11.7. The van der Waals surface area contributed by atoms with E-state index in [0.717, 1.165) is 22.3 Å². The third-order valence-electron chi connectivity index (χ3n) is 6.23. The second-order valence-electron chi connectivity index (χ2n) is 8.25. The van der Waals surface area contributed by atoms with Gasteiger partial charge in [-0.3, -0.25) is 0 Å². The lowest BCUT2D eigenvalue weighted by atomic mass is 10.2. The maximum Gasteiger partial charge on any atom is 0.261 e. The molecule has 0 unspecified atom stereocenters. The topological polar surface area (TPSA) is 95.5 Å². The minimum Gasteiger partial charge on any atom is -0.309 e. The third-order valence-corrected chi connectivity index (χ3v) is 6.55. The summed E-state index contributed by atoms with van der Waals surface area (Å²) < 4.78 is 6.67. The van der Waals surface area contributed by atoms with Gasteiger partial charge >= 0.3 is 0 Å². The Hall–Kier alpha value is -4.54. The molecule has 0 atom stereocenters. The predicted octanol–water partition coefficient (Wildman–Crippen LogP) is 4.89. The van der Waals surface area contributed by atoms with Crippen molar-refractivity contribution in [2.75, 3.05) is 0 Å². The number of nitrogens with zero attached hydrogens (tertiary/aromatic N) is 10. The van der Waals surface area contributed by atoms with Crippen LogP contribution in [0.5, 0.6) is 0 Å². The van der Waals surface area contributed by atoms with E-state index in [1.807, 2.05) is 12.1 Å². The quantitative estimate of drug-likeness (QED) is 0.328. The van der Waals surface area contributed by atoms with Crippen LogP contribution < -0.4 is 0 Å². The van der Waals surface area contributed by atoms with Gasteiger partial charge in [0.15, 0.2) is 5.82 Å². The molecule has 12 heteroatoms. The van der Waals surface area contributed by atoms with Gasteiger partial charge in [0.1, 0.15) is 0 Å². The van der Waals surface area contributed by atoms with E-state index >= 15 is 0 Å². The molecule has 0 saturated heterocycles. The van der Waals surface area contributed by atoms with Crippen molar-refractivity contribution in [3.8, 4) is 17.1 Å². The Bertz CT molecular complexity index is 2020. The van der Waals surface area contributed by atoms with E-state index in [-0.39, 0.29) is 10.6 Å². The molecular formula is C24H12Cl2N10. The lowest BCUT2D eigenvalue weighted by Crippen LogP contribution is -2.06. The molecule has 8 rings (SSSR count). The van der Waals surface area contributed by atoms with Crippen molar-refractivity contribution in [1.29, 1.82) is 0 Å². The molecular weight excluding hydrogens is 499 g/mol. The second-order valence-corrected chi connectivity index (χ2v) is 8.93. The SMILES string of the molecule is Clc1nc2n(n1)c1nc(Cl)nn1c1nc(-c3cccc(-n4c5ccccc5c5ccccc54)c3)nn21. The average molecular weight is 511 g/mol. The number of hydrogen-bond acceptors (Lipinski definition) is 6. The smallest absolute Gasteiger partial charge is 0.261 e. The van der Waals surface area contributed by atoms with E-state index in [1.54, 1.807) is 0 Å². The van der Waals surface area contributed by atoms with E-state index in [1.165, 1.54) is 24.3 Å². The summed E-state index contributed by atoms with van der Waals surface area (Å²) in [7, 11) is 0. The molecule has 8 aromatic rings. The molecule has 172 valence electrons. The van der Waals surface area contributed by atoms with Crippen LogP contribution in [-0.2, 0) is 0 Å². The summed E-state index contributed by atoms with van der Waals surface area (Å²) in [6.45, 7) is 0. The summed E-state index contributed by atoms with van der Waals surface area (Å²) >= 11 is 12.2. The predicted molar refractivity (Wildman–Crippen MR) is 136 cm³/mol. The van der Waals surface area contributed by atoms with Crippen LogP contribution in [0.4, 0.5) is 0 Å². The minimum absolute atomic E-state index is 0.0499. The van der Waals surface area contributed by atoms with Crippen LogP contribution >= 0.6 is 23.2 Å². The van der Waals surface area contributed by atoms with Gasteiger partial charge in [0, 0.05) is 22.0 Å². The van der Waals surface area contributed by atoms with Crippen molar-refractivity contribution in [2.24, 2.45) is 0 Å². The highest BCUT2D eigenvalue weighted by Gasteiger charge is 2.20. The highest BCUT2D eigenvalue weighted by Crippen LogP contribution is 2.32. The highest BCUT2D eigenvalue weighted by atomic mass is 35.5. The molecule has 0 amide bonds. The molecule has 5 heterocycles. The van der Waals surface area contributed by atoms with Gasteiger partial charge in [-0.15, -0.1) is 15.3 Å². The van der Waals surface area contributed by atoms with E-state index in [0.29, 0.717) is 23.2 Å². The van der Waals surface area contributed by atoms with Gasteiger partial charge < -0.3 is 4.57 Å². The van der Waals surface area contributed by atoms with Crippen molar-refractivity contribution < 1.29 is 0 Å². The first kappa shape index (κ1) is 19.7. The maximum atomic E-state index is 6.09. The van der Waals surface area contributed by atoms with Crippen LogP contribution in [0, 0.1) is 0 Å². The second kappa shape index (κ2) is 7.00. The van der Waals surface area contributed by atoms with Gasteiger partial charge in [0.05, 0.1) is 11.0 Å². The summed E-state index contributed by atoms with van der Waals surface area (Å²) in [4.78, 5) is 13.3. The van der Waals surface area contributed by atoms with Crippen molar-refractivity contribution in [1.82, 2.24) is 48.4 Å². The molecule has 10 nitrogen and oxygen atoms in total. The number of aromatic nitrogens is 10. The molecule has 0 spiro atoms. The Morgan fingerprint density at radius 1 is 0.556 bits per heavy atom. The lowest BCUT2D eigenvalue weighted by Gasteiger charge is -2.08. The summed E-state index contributed by atoms with van der Waals surface area (Å²) in [5.41, 5.74) is 4.06. The normalized spacial score (nSPS) is 12.2. The van der Waals surface area contributed by atoms with Crippen LogP contribution in [0.2, 0.25) is 10.6 Å². The van der Waals surface area contributed by atoms with Gasteiger partial charge in [0.25, 0.3) is 17.3 Å². The Morgan fingerprint density at radius 3 is 1.75 bits per heavy atom. The van der Waals surface area contributed by atoms with E-state index in [2.05, 4.69) is 85.4 Å². The number of fused-ring (bicyclic) bond motifs is 9. The van der Waals surface area contributed by atoms with Gasteiger partial charge in [-0.2, -0.15) is 28.5 Å². The van der Waals surface area contributed by atoms with E-state index < -0.39 is 0 Å². The largest absolute Gasteiger partial charge is 0.309 e. The molecule has 0 radical (unpaired) electrons. The van der Waals surface area contributed by atoms with Crippen LogP contribution in [-0.4, -0.2) is 48.4 Å². The molecule has 0 aliphatic rings. The molecule has 5 aromatic heterocycles. The number of rotatable bonds is 2. The summed E-state index contributed by atoms with van der Waals surface area (Å²) in [6, 6.07) is 24.9. The van der Waals surface area contributed by atoms with Gasteiger partial charge in [-0.1, -0.05) is 48.5 Å². The third kappa shape index (κ3) is 2.62. The minimum atomic E-state index is 0.0499. The Balaban J connectivity index is 1.39. The zero-order valence-corrected chi connectivity index (χ0v) is 19.7. The fourth-order valence-electron chi connectivity index (χ4n) is 4.78. The summed E-state index contributed by atoms with van der Waals surface area (Å²) in [5.74, 6) is 1.56. The van der Waals surface area contributed by atoms with Crippen LogP contribution in [0.15, 0.2) is 72.8 Å². The molecule has 0 bridgehead atoms. The number of halogens is 2.